The van der Waals surface area contributed by atoms with E-state index in [4.69, 9.17) is 9.47 Å². The highest BCUT2D eigenvalue weighted by atomic mass is 79.9. The number of amides is 2. The molecule has 46 heavy (non-hydrogen) atoms. The third kappa shape index (κ3) is 4.12. The molecule has 0 saturated heterocycles. The number of hydrogen-bond donors (Lipinski definition) is 2. The quantitative estimate of drug-likeness (QED) is 0.246. The van der Waals surface area contributed by atoms with Crippen LogP contribution in [0.15, 0.2) is 36.4 Å². The minimum atomic E-state index is -0.530. The molecule has 2 amide bonds. The molecule has 6 aliphatic carbocycles. The first-order chi connectivity index (χ1) is 21.5. The molecule has 12 heteroatoms. The number of alkyl halides is 6. The third-order valence-corrected chi connectivity index (χ3v) is 19.5. The summed E-state index contributed by atoms with van der Waals surface area (Å²) < 4.78 is 11.8. The van der Waals surface area contributed by atoms with Gasteiger partial charge in [-0.3, -0.25) is 9.59 Å². The summed E-state index contributed by atoms with van der Waals surface area (Å²) in [7, 11) is 3.22. The molecular weight excluding hydrogens is 980 g/mol. The number of carbonyl (C=O) groups excluding carboxylic acids is 2. The fourth-order valence-corrected chi connectivity index (χ4v) is 19.6. The van der Waals surface area contributed by atoms with Crippen LogP contribution in [0.5, 0.6) is 11.5 Å². The number of halogens is 6. The monoisotopic (exact) mass is 1010 g/mol. The van der Waals surface area contributed by atoms with Crippen LogP contribution in [-0.4, -0.2) is 43.2 Å². The third-order valence-electron chi connectivity index (χ3n) is 13.0. The summed E-state index contributed by atoms with van der Waals surface area (Å²) in [5, 5.41) is 6.41. The summed E-state index contributed by atoms with van der Waals surface area (Å²) in [4.78, 5) is 28.0. The van der Waals surface area contributed by atoms with Crippen LogP contribution in [0.1, 0.15) is 53.4 Å². The molecular formula is C34H38Br6N2O4. The van der Waals surface area contributed by atoms with Gasteiger partial charge in [0.15, 0.2) is 0 Å². The van der Waals surface area contributed by atoms with Crippen molar-refractivity contribution in [2.75, 3.05) is 24.9 Å². The molecule has 6 aliphatic rings. The second-order valence-electron chi connectivity index (χ2n) is 14.3. The maximum absolute atomic E-state index is 13.9. The number of nitrogens with one attached hydrogen (secondary N) is 2. The van der Waals surface area contributed by atoms with Crippen molar-refractivity contribution in [2.45, 2.75) is 70.5 Å². The predicted molar refractivity (Wildman–Crippen MR) is 207 cm³/mol. The lowest BCUT2D eigenvalue weighted by Gasteiger charge is -2.66. The molecule has 2 aromatic rings. The largest absolute Gasteiger partial charge is 0.495 e. The lowest BCUT2D eigenvalue weighted by atomic mass is 9.43. The molecule has 0 heterocycles. The van der Waals surface area contributed by atoms with Gasteiger partial charge in [-0.25, -0.2) is 0 Å². The van der Waals surface area contributed by atoms with Gasteiger partial charge in [0.25, 0.3) is 0 Å². The van der Waals surface area contributed by atoms with Gasteiger partial charge in [0.05, 0.1) is 43.9 Å². The number of benzene rings is 2. The number of ether oxygens (including phenoxy) is 2. The van der Waals surface area contributed by atoms with Crippen LogP contribution in [0, 0.1) is 32.5 Å². The Bertz CT molecular complexity index is 1500. The molecule has 6 fully saturated rings. The Kier molecular flexibility index (Phi) is 9.08. The van der Waals surface area contributed by atoms with E-state index in [0.29, 0.717) is 22.9 Å². The number of rotatable bonds is 9. The first-order valence-corrected chi connectivity index (χ1v) is 20.8. The van der Waals surface area contributed by atoms with Gasteiger partial charge < -0.3 is 20.1 Å². The zero-order chi connectivity index (χ0) is 33.8. The highest BCUT2D eigenvalue weighted by Gasteiger charge is 2.84. The zero-order valence-corrected chi connectivity index (χ0v) is 36.0. The molecule has 8 rings (SSSR count). The molecule has 6 unspecified atom stereocenters. The van der Waals surface area contributed by atoms with Crippen molar-refractivity contribution < 1.29 is 19.1 Å². The van der Waals surface area contributed by atoms with Crippen LogP contribution in [0.4, 0.5) is 11.4 Å². The molecule has 6 nitrogen and oxygen atoms in total. The lowest BCUT2D eigenvalue weighted by Crippen LogP contribution is -2.71. The highest BCUT2D eigenvalue weighted by molar-refractivity contribution is 9.25. The lowest BCUT2D eigenvalue weighted by molar-refractivity contribution is -0.156. The van der Waals surface area contributed by atoms with Crippen LogP contribution < -0.4 is 20.1 Å². The number of anilines is 2. The van der Waals surface area contributed by atoms with E-state index in [9.17, 15) is 9.59 Å². The van der Waals surface area contributed by atoms with Crippen LogP contribution in [0.25, 0.3) is 11.1 Å². The van der Waals surface area contributed by atoms with Gasteiger partial charge >= 0.3 is 0 Å². The van der Waals surface area contributed by atoms with E-state index < -0.39 is 10.8 Å². The Balaban J connectivity index is 1.22. The van der Waals surface area contributed by atoms with Gasteiger partial charge in [0.1, 0.15) is 11.5 Å². The van der Waals surface area contributed by atoms with Crippen LogP contribution in [-0.2, 0) is 9.59 Å². The fraction of sp³-hybridized carbons (Fsp3) is 0.588. The smallest absolute Gasteiger partial charge is 0.232 e. The summed E-state index contributed by atoms with van der Waals surface area (Å²) >= 11 is 22.9. The first kappa shape index (κ1) is 35.7. The second kappa shape index (κ2) is 11.7. The van der Waals surface area contributed by atoms with Crippen molar-refractivity contribution in [3.63, 3.8) is 0 Å². The molecule has 2 aromatic carbocycles. The maximum Gasteiger partial charge on any atom is 0.232 e. The molecule has 0 radical (unpaired) electrons. The number of hydrogen-bond acceptors (Lipinski definition) is 4. The van der Waals surface area contributed by atoms with Crippen LogP contribution in [0.3, 0.4) is 0 Å². The standard InChI is InChI=1S/C34H38Br6N2O4/c1-29(2)31(25(37)38)11-13-33(29,23(31)35)27(43)41-19-9-7-17(15-21(19)45-5)18-8-10-20(22(16-18)46-6)42-28(44)34-14-12-32(24(34)36,26(39)40)30(34,3)4/h7-10,15-16,23-26H,11-14H2,1-6H3,(H,41,43)(H,42,44). The van der Waals surface area contributed by atoms with Crippen molar-refractivity contribution in [3.05, 3.63) is 36.4 Å². The minimum absolute atomic E-state index is 0.00285. The van der Waals surface area contributed by atoms with E-state index in [1.807, 2.05) is 36.4 Å². The summed E-state index contributed by atoms with van der Waals surface area (Å²) in [5.41, 5.74) is 1.44. The molecule has 2 N–H and O–H groups in total. The molecule has 0 spiro atoms. The minimum Gasteiger partial charge on any atom is -0.495 e. The second-order valence-corrected chi connectivity index (χ2v) is 22.3. The van der Waals surface area contributed by atoms with Crippen molar-refractivity contribution >= 4 is 119 Å². The summed E-state index contributed by atoms with van der Waals surface area (Å²) in [6.45, 7) is 8.78. The van der Waals surface area contributed by atoms with Gasteiger partial charge in [-0.1, -0.05) is 135 Å². The number of carbonyl (C=O) groups is 2. The SMILES string of the molecule is COc1cc(-c2ccc(NC(=O)C34CCC(C(Br)Br)(C3Br)C4(C)C)c(OC)c2)ccc1NC(=O)C12CCC(C(Br)Br)(C1Br)C2(C)C. The Morgan fingerprint density at radius 3 is 1.28 bits per heavy atom. The van der Waals surface area contributed by atoms with E-state index in [0.717, 1.165) is 36.8 Å². The van der Waals surface area contributed by atoms with E-state index >= 15 is 0 Å². The van der Waals surface area contributed by atoms with Crippen molar-refractivity contribution in [1.29, 1.82) is 0 Å². The van der Waals surface area contributed by atoms with Crippen molar-refractivity contribution in [2.24, 2.45) is 32.5 Å². The van der Waals surface area contributed by atoms with Crippen LogP contribution >= 0.6 is 95.6 Å². The predicted octanol–water partition coefficient (Wildman–Crippen LogP) is 10.6. The zero-order valence-electron chi connectivity index (χ0n) is 26.5. The van der Waals surface area contributed by atoms with Crippen LogP contribution in [0.2, 0.25) is 0 Å². The molecule has 0 aliphatic heterocycles. The van der Waals surface area contributed by atoms with Gasteiger partial charge in [0.2, 0.25) is 11.8 Å². The number of methoxy groups -OCH3 is 2. The molecule has 6 saturated carbocycles. The Morgan fingerprint density at radius 1 is 0.674 bits per heavy atom. The average Bonchev–Trinajstić information content (AvgIpc) is 3.69. The van der Waals surface area contributed by atoms with Crippen molar-refractivity contribution in [1.82, 2.24) is 0 Å². The van der Waals surface area contributed by atoms with Gasteiger partial charge in [-0.05, 0) is 71.9 Å². The van der Waals surface area contributed by atoms with Gasteiger partial charge in [-0.15, -0.1) is 0 Å². The first-order valence-electron chi connectivity index (χ1n) is 15.3. The summed E-state index contributed by atoms with van der Waals surface area (Å²) in [6.07, 6.45) is 3.51. The topological polar surface area (TPSA) is 76.7 Å². The average molecular weight is 1020 g/mol. The van der Waals surface area contributed by atoms with E-state index in [1.54, 1.807) is 14.2 Å². The van der Waals surface area contributed by atoms with E-state index in [-0.39, 0.29) is 50.6 Å². The summed E-state index contributed by atoms with van der Waals surface area (Å²) in [6, 6.07) is 11.6. The fourth-order valence-electron chi connectivity index (χ4n) is 9.81. The highest BCUT2D eigenvalue weighted by Crippen LogP contribution is 2.83. The molecule has 250 valence electrons. The van der Waals surface area contributed by atoms with E-state index in [2.05, 4.69) is 134 Å². The van der Waals surface area contributed by atoms with Crippen molar-refractivity contribution in [3.8, 4) is 22.6 Å². The van der Waals surface area contributed by atoms with Gasteiger partial charge in [0, 0.05) is 20.5 Å². The maximum atomic E-state index is 13.9. The summed E-state index contributed by atoms with van der Waals surface area (Å²) in [5.74, 6) is 1.15. The normalized spacial score (nSPS) is 34.6. The molecule has 0 aromatic heterocycles. The van der Waals surface area contributed by atoms with E-state index in [1.165, 1.54) is 0 Å². The van der Waals surface area contributed by atoms with Gasteiger partial charge in [-0.2, -0.15) is 0 Å². The molecule has 6 atom stereocenters. The molecule has 4 bridgehead atoms. The number of fused-ring (bicyclic) bond motifs is 2. The Hall–Kier alpha value is -0.140. The Morgan fingerprint density at radius 2 is 1.02 bits per heavy atom. The Labute approximate surface area is 321 Å².